The number of hydrogen-bond acceptors (Lipinski definition) is 3. The molecule has 4 heteroatoms. The largest absolute Gasteiger partial charge is 0.383 e. The second-order valence-corrected chi connectivity index (χ2v) is 4.58. The van der Waals surface area contributed by atoms with Gasteiger partial charge < -0.3 is 9.47 Å². The lowest BCUT2D eigenvalue weighted by molar-refractivity contribution is -0.0355. The third-order valence-electron chi connectivity index (χ3n) is 3.01. The lowest BCUT2D eigenvalue weighted by Gasteiger charge is -2.33. The molecule has 1 heterocycles. The number of hydrogen-bond donors (Lipinski definition) is 0. The Kier molecular flexibility index (Phi) is 4.80. The van der Waals surface area contributed by atoms with E-state index in [4.69, 9.17) is 21.1 Å². The zero-order chi connectivity index (χ0) is 12.1. The number of morpholine rings is 1. The predicted molar refractivity (Wildman–Crippen MR) is 68.5 cm³/mol. The summed E-state index contributed by atoms with van der Waals surface area (Å²) in [6.07, 6.45) is 0.0781. The molecule has 0 N–H and O–H groups in total. The van der Waals surface area contributed by atoms with Gasteiger partial charge in [0.15, 0.2) is 0 Å². The Hall–Kier alpha value is -0.610. The fourth-order valence-corrected chi connectivity index (χ4v) is 2.31. The van der Waals surface area contributed by atoms with Crippen LogP contribution in [0.2, 0.25) is 5.02 Å². The molecule has 0 aromatic heterocycles. The fourth-order valence-electron chi connectivity index (χ4n) is 2.05. The summed E-state index contributed by atoms with van der Waals surface area (Å²) >= 11 is 6.19. The quantitative estimate of drug-likeness (QED) is 0.825. The molecule has 0 aliphatic carbocycles. The molecule has 1 saturated heterocycles. The highest BCUT2D eigenvalue weighted by atomic mass is 35.5. The predicted octanol–water partition coefficient (Wildman–Crippen LogP) is 2.36. The molecular weight excluding hydrogens is 238 g/mol. The zero-order valence-corrected chi connectivity index (χ0v) is 10.8. The monoisotopic (exact) mass is 255 g/mol. The van der Waals surface area contributed by atoms with E-state index in [2.05, 4.69) is 4.90 Å². The molecule has 0 radical (unpaired) electrons. The summed E-state index contributed by atoms with van der Waals surface area (Å²) in [5.74, 6) is 0. The smallest absolute Gasteiger partial charge is 0.0966 e. The molecule has 2 rings (SSSR count). The van der Waals surface area contributed by atoms with Gasteiger partial charge in [-0.25, -0.2) is 0 Å². The van der Waals surface area contributed by atoms with Crippen LogP contribution in [-0.2, 0) is 9.47 Å². The molecular formula is C13H18ClNO2. The second-order valence-electron chi connectivity index (χ2n) is 4.17. The minimum atomic E-state index is 0.0781. The van der Waals surface area contributed by atoms with Gasteiger partial charge in [0.25, 0.3) is 0 Å². The first-order valence-electron chi connectivity index (χ1n) is 5.88. The Labute approximate surface area is 107 Å². The van der Waals surface area contributed by atoms with E-state index < -0.39 is 0 Å². The molecule has 1 aliphatic heterocycles. The van der Waals surface area contributed by atoms with E-state index in [9.17, 15) is 0 Å². The molecule has 1 aromatic carbocycles. The fraction of sp³-hybridized carbons (Fsp3) is 0.538. The first kappa shape index (κ1) is 12.8. The summed E-state index contributed by atoms with van der Waals surface area (Å²) in [5.41, 5.74) is 1.08. The van der Waals surface area contributed by atoms with Crippen molar-refractivity contribution < 1.29 is 9.47 Å². The Morgan fingerprint density at radius 1 is 1.47 bits per heavy atom. The van der Waals surface area contributed by atoms with Crippen molar-refractivity contribution in [1.29, 1.82) is 0 Å². The van der Waals surface area contributed by atoms with Crippen molar-refractivity contribution in [3.05, 3.63) is 34.9 Å². The topological polar surface area (TPSA) is 21.7 Å². The molecule has 1 aliphatic rings. The number of methoxy groups -OCH3 is 1. The van der Waals surface area contributed by atoms with E-state index in [0.29, 0.717) is 0 Å². The first-order valence-corrected chi connectivity index (χ1v) is 6.26. The summed E-state index contributed by atoms with van der Waals surface area (Å²) in [6, 6.07) is 7.89. The van der Waals surface area contributed by atoms with Gasteiger partial charge in [-0.15, -0.1) is 0 Å². The normalized spacial score (nSPS) is 21.6. The average molecular weight is 256 g/mol. The van der Waals surface area contributed by atoms with Gasteiger partial charge in [-0.05, 0) is 6.07 Å². The Morgan fingerprint density at radius 2 is 2.29 bits per heavy atom. The molecule has 1 fully saturated rings. The third kappa shape index (κ3) is 3.42. The van der Waals surface area contributed by atoms with Crippen LogP contribution in [0.3, 0.4) is 0 Å². The van der Waals surface area contributed by atoms with E-state index in [1.54, 1.807) is 7.11 Å². The maximum Gasteiger partial charge on any atom is 0.0966 e. The highest BCUT2D eigenvalue weighted by molar-refractivity contribution is 6.31. The van der Waals surface area contributed by atoms with Gasteiger partial charge >= 0.3 is 0 Å². The van der Waals surface area contributed by atoms with E-state index in [1.807, 2.05) is 24.3 Å². The molecule has 0 saturated carbocycles. The van der Waals surface area contributed by atoms with Crippen LogP contribution < -0.4 is 0 Å². The molecule has 0 bridgehead atoms. The Balaban J connectivity index is 1.99. The van der Waals surface area contributed by atoms with Crippen molar-refractivity contribution in [3.63, 3.8) is 0 Å². The van der Waals surface area contributed by atoms with E-state index in [1.165, 1.54) is 0 Å². The van der Waals surface area contributed by atoms with Crippen LogP contribution in [0, 0.1) is 0 Å². The van der Waals surface area contributed by atoms with Crippen molar-refractivity contribution in [1.82, 2.24) is 4.90 Å². The van der Waals surface area contributed by atoms with E-state index >= 15 is 0 Å². The molecule has 0 amide bonds. The lowest BCUT2D eigenvalue weighted by atomic mass is 10.1. The Bertz CT molecular complexity index is 359. The molecule has 17 heavy (non-hydrogen) atoms. The second kappa shape index (κ2) is 6.36. The van der Waals surface area contributed by atoms with Gasteiger partial charge in [-0.3, -0.25) is 4.90 Å². The van der Waals surface area contributed by atoms with Crippen LogP contribution in [0.5, 0.6) is 0 Å². The molecule has 94 valence electrons. The highest BCUT2D eigenvalue weighted by Crippen LogP contribution is 2.28. The van der Waals surface area contributed by atoms with Crippen LogP contribution in [0.4, 0.5) is 0 Å². The summed E-state index contributed by atoms with van der Waals surface area (Å²) in [4.78, 5) is 2.35. The molecule has 0 spiro atoms. The number of nitrogens with zero attached hydrogens (tertiary/aromatic N) is 1. The van der Waals surface area contributed by atoms with Crippen molar-refractivity contribution in [3.8, 4) is 0 Å². The molecule has 1 atom stereocenters. The first-order chi connectivity index (χ1) is 8.31. The van der Waals surface area contributed by atoms with Gasteiger partial charge in [0.1, 0.15) is 0 Å². The standard InChI is InChI=1S/C13H18ClNO2/c1-16-8-6-15-7-9-17-13(10-15)11-4-2-3-5-12(11)14/h2-5,13H,6-10H2,1H3/t13-/m0/s1. The average Bonchev–Trinajstić information content (AvgIpc) is 2.37. The molecule has 1 aromatic rings. The maximum atomic E-state index is 6.19. The van der Waals surface area contributed by atoms with Gasteiger partial charge in [0, 0.05) is 37.3 Å². The van der Waals surface area contributed by atoms with Crippen molar-refractivity contribution >= 4 is 11.6 Å². The van der Waals surface area contributed by atoms with Gasteiger partial charge in [0.05, 0.1) is 19.3 Å². The summed E-state index contributed by atoms with van der Waals surface area (Å²) in [7, 11) is 1.73. The zero-order valence-electron chi connectivity index (χ0n) is 10.1. The van der Waals surface area contributed by atoms with Crippen LogP contribution in [0.1, 0.15) is 11.7 Å². The van der Waals surface area contributed by atoms with E-state index in [0.717, 1.165) is 43.4 Å². The number of rotatable bonds is 4. The van der Waals surface area contributed by atoms with Crippen LogP contribution >= 0.6 is 11.6 Å². The minimum absolute atomic E-state index is 0.0781. The summed E-state index contributed by atoms with van der Waals surface area (Å²) in [6.45, 7) is 4.30. The maximum absolute atomic E-state index is 6.19. The van der Waals surface area contributed by atoms with Crippen molar-refractivity contribution in [2.45, 2.75) is 6.10 Å². The highest BCUT2D eigenvalue weighted by Gasteiger charge is 2.23. The van der Waals surface area contributed by atoms with Gasteiger partial charge in [0.2, 0.25) is 0 Å². The van der Waals surface area contributed by atoms with Gasteiger partial charge in [-0.2, -0.15) is 0 Å². The Morgan fingerprint density at radius 3 is 3.06 bits per heavy atom. The van der Waals surface area contributed by atoms with Crippen molar-refractivity contribution in [2.75, 3.05) is 40.0 Å². The summed E-state index contributed by atoms with van der Waals surface area (Å²) in [5, 5.41) is 0.783. The number of benzene rings is 1. The summed E-state index contributed by atoms with van der Waals surface area (Å²) < 4.78 is 10.9. The third-order valence-corrected chi connectivity index (χ3v) is 3.36. The SMILES string of the molecule is COCCN1CCO[C@H](c2ccccc2Cl)C1. The number of ether oxygens (including phenoxy) is 2. The number of halogens is 1. The van der Waals surface area contributed by atoms with E-state index in [-0.39, 0.29) is 6.10 Å². The van der Waals surface area contributed by atoms with Gasteiger partial charge in [-0.1, -0.05) is 29.8 Å². The van der Waals surface area contributed by atoms with Crippen molar-refractivity contribution in [2.24, 2.45) is 0 Å². The molecule has 3 nitrogen and oxygen atoms in total. The molecule has 0 unspecified atom stereocenters. The lowest BCUT2D eigenvalue weighted by Crippen LogP contribution is -2.40. The van der Waals surface area contributed by atoms with Crippen LogP contribution in [-0.4, -0.2) is 44.9 Å². The van der Waals surface area contributed by atoms with Crippen LogP contribution in [0.15, 0.2) is 24.3 Å². The minimum Gasteiger partial charge on any atom is -0.383 e. The van der Waals surface area contributed by atoms with Crippen LogP contribution in [0.25, 0.3) is 0 Å².